The van der Waals surface area contributed by atoms with Gasteiger partial charge in [0.05, 0.1) is 31.9 Å². The Bertz CT molecular complexity index is 2060. The van der Waals surface area contributed by atoms with Crippen molar-refractivity contribution in [1.29, 1.82) is 0 Å². The van der Waals surface area contributed by atoms with Crippen LogP contribution in [0.15, 0.2) is 72.9 Å². The van der Waals surface area contributed by atoms with E-state index in [1.807, 2.05) is 69.4 Å². The van der Waals surface area contributed by atoms with Gasteiger partial charge >= 0.3 is 0 Å². The molecule has 0 radical (unpaired) electrons. The highest BCUT2D eigenvalue weighted by Gasteiger charge is 2.25. The summed E-state index contributed by atoms with van der Waals surface area (Å²) in [5, 5.41) is 8.68. The number of sulfonamides is 1. The molecule has 4 N–H and O–H groups in total. The minimum Gasteiger partial charge on any atom is -0.497 e. The van der Waals surface area contributed by atoms with Crippen molar-refractivity contribution in [1.82, 2.24) is 4.98 Å². The Morgan fingerprint density at radius 1 is 0.848 bits per heavy atom. The molecular formula is C35H38N4O6S. The molecule has 46 heavy (non-hydrogen) atoms. The largest absolute Gasteiger partial charge is 0.497 e. The van der Waals surface area contributed by atoms with Crippen LogP contribution in [-0.2, 0) is 26.7 Å². The smallest absolute Gasteiger partial charge is 0.296 e. The van der Waals surface area contributed by atoms with Crippen LogP contribution < -0.4 is 24.8 Å². The van der Waals surface area contributed by atoms with Gasteiger partial charge in [0.1, 0.15) is 5.75 Å². The number of amides is 1. The second-order valence-corrected chi connectivity index (χ2v) is 13.9. The summed E-state index contributed by atoms with van der Waals surface area (Å²) >= 11 is 0. The van der Waals surface area contributed by atoms with Gasteiger partial charge in [-0.05, 0) is 70.8 Å². The minimum atomic E-state index is -3.66. The number of ketones is 1. The Hall–Kier alpha value is -5.03. The van der Waals surface area contributed by atoms with Gasteiger partial charge in [-0.25, -0.2) is 8.42 Å². The number of carbonyl (C=O) groups excluding carboxylic acids is 2. The number of aromatic amines is 1. The summed E-state index contributed by atoms with van der Waals surface area (Å²) in [7, 11) is -0.645. The summed E-state index contributed by atoms with van der Waals surface area (Å²) in [6.07, 6.45) is 3.77. The van der Waals surface area contributed by atoms with Crippen molar-refractivity contribution in [2.75, 3.05) is 42.4 Å². The van der Waals surface area contributed by atoms with Crippen molar-refractivity contribution in [2.24, 2.45) is 0 Å². The molecule has 0 aliphatic carbocycles. The van der Waals surface area contributed by atoms with Crippen LogP contribution in [0.3, 0.4) is 0 Å². The van der Waals surface area contributed by atoms with Gasteiger partial charge in [0.2, 0.25) is 10.0 Å². The van der Waals surface area contributed by atoms with Gasteiger partial charge in [-0.3, -0.25) is 14.3 Å². The quantitative estimate of drug-likeness (QED) is 0.0955. The summed E-state index contributed by atoms with van der Waals surface area (Å²) in [5.74, 6) is -0.729. The number of benzene rings is 4. The van der Waals surface area contributed by atoms with Crippen LogP contribution in [0.5, 0.6) is 11.5 Å². The first-order chi connectivity index (χ1) is 21.8. The normalized spacial score (nSPS) is 11.8. The molecule has 0 unspecified atom stereocenters. The van der Waals surface area contributed by atoms with E-state index in [9.17, 15) is 18.0 Å². The first kappa shape index (κ1) is 32.4. The lowest BCUT2D eigenvalue weighted by Crippen LogP contribution is -2.24. The molecule has 10 nitrogen and oxygen atoms in total. The first-order valence-corrected chi connectivity index (χ1v) is 16.6. The van der Waals surface area contributed by atoms with Gasteiger partial charge in [-0.1, -0.05) is 45.0 Å². The lowest BCUT2D eigenvalue weighted by Gasteiger charge is -2.24. The third kappa shape index (κ3) is 6.94. The van der Waals surface area contributed by atoms with Crippen molar-refractivity contribution in [3.05, 3.63) is 89.6 Å². The second-order valence-electron chi connectivity index (χ2n) is 12.1. The Labute approximate surface area is 268 Å². The lowest BCUT2D eigenvalue weighted by atomic mass is 9.86. The third-order valence-corrected chi connectivity index (χ3v) is 8.35. The standard InChI is InChI=1S/C35H38N4O6S/c1-35(2,3)22-17-30(33(45-5)31(18-22)39-46(6,42)43)38-34(41)32(40)26-12-14-28(25-10-8-7-9-24(25)26)36-16-15-21-20-37-29-13-11-23(44-4)19-27(21)29/h7-14,17-20,36-37,39H,15-16H2,1-6H3,(H,38,41). The number of anilines is 3. The molecule has 0 bridgehead atoms. The van der Waals surface area contributed by atoms with E-state index in [4.69, 9.17) is 9.47 Å². The number of fused-ring (bicyclic) bond motifs is 2. The van der Waals surface area contributed by atoms with Gasteiger partial charge in [-0.2, -0.15) is 0 Å². The number of methoxy groups -OCH3 is 2. The van der Waals surface area contributed by atoms with Crippen LogP contribution >= 0.6 is 0 Å². The summed E-state index contributed by atoms with van der Waals surface area (Å²) < 4.78 is 37.5. The van der Waals surface area contributed by atoms with Crippen LogP contribution in [-0.4, -0.2) is 52.1 Å². The molecular weight excluding hydrogens is 604 g/mol. The fourth-order valence-electron chi connectivity index (χ4n) is 5.43. The van der Waals surface area contributed by atoms with Crippen LogP contribution in [0.1, 0.15) is 42.3 Å². The maximum atomic E-state index is 13.6. The maximum Gasteiger partial charge on any atom is 0.296 e. The van der Waals surface area contributed by atoms with Crippen molar-refractivity contribution in [3.63, 3.8) is 0 Å². The molecule has 4 aromatic carbocycles. The fourth-order valence-corrected chi connectivity index (χ4v) is 5.98. The minimum absolute atomic E-state index is 0.0950. The van der Waals surface area contributed by atoms with E-state index in [-0.39, 0.29) is 22.7 Å². The SMILES string of the molecule is COc1ccc2[nH]cc(CCNc3ccc(C(=O)C(=O)Nc4cc(C(C)(C)C)cc(NS(C)(=O)=O)c4OC)c4ccccc34)c2c1. The Morgan fingerprint density at radius 3 is 2.24 bits per heavy atom. The molecule has 1 heterocycles. The van der Waals surface area contributed by atoms with Gasteiger partial charge in [-0.15, -0.1) is 0 Å². The highest BCUT2D eigenvalue weighted by atomic mass is 32.2. The molecule has 0 atom stereocenters. The third-order valence-electron chi connectivity index (χ3n) is 7.76. The van der Waals surface area contributed by atoms with E-state index < -0.39 is 27.1 Å². The van der Waals surface area contributed by atoms with E-state index in [0.29, 0.717) is 11.9 Å². The number of hydrogen-bond donors (Lipinski definition) is 4. The molecule has 5 aromatic rings. The van der Waals surface area contributed by atoms with Crippen molar-refractivity contribution < 1.29 is 27.5 Å². The summed E-state index contributed by atoms with van der Waals surface area (Å²) in [6.45, 7) is 6.50. The molecule has 11 heteroatoms. The summed E-state index contributed by atoms with van der Waals surface area (Å²) in [6, 6.07) is 20.1. The van der Waals surface area contributed by atoms with Crippen molar-refractivity contribution >= 4 is 60.5 Å². The number of aromatic nitrogens is 1. The average molecular weight is 643 g/mol. The van der Waals surface area contributed by atoms with E-state index in [0.717, 1.165) is 51.5 Å². The van der Waals surface area contributed by atoms with Crippen LogP contribution in [0.4, 0.5) is 17.1 Å². The number of Topliss-reactive ketones (excluding diaryl/α,β-unsaturated/α-hetero) is 1. The van der Waals surface area contributed by atoms with E-state index in [1.165, 1.54) is 7.11 Å². The van der Waals surface area contributed by atoms with E-state index >= 15 is 0 Å². The molecule has 240 valence electrons. The zero-order valence-electron chi connectivity index (χ0n) is 26.7. The molecule has 0 saturated carbocycles. The zero-order chi connectivity index (χ0) is 33.2. The lowest BCUT2D eigenvalue weighted by molar-refractivity contribution is -0.112. The highest BCUT2D eigenvalue weighted by molar-refractivity contribution is 7.92. The van der Waals surface area contributed by atoms with Crippen LogP contribution in [0, 0.1) is 0 Å². The Kier molecular flexibility index (Phi) is 8.98. The maximum absolute atomic E-state index is 13.6. The monoisotopic (exact) mass is 642 g/mol. The number of ether oxygens (including phenoxy) is 2. The first-order valence-electron chi connectivity index (χ1n) is 14.7. The molecule has 0 fully saturated rings. The Balaban J connectivity index is 1.40. The van der Waals surface area contributed by atoms with E-state index in [1.54, 1.807) is 31.4 Å². The zero-order valence-corrected chi connectivity index (χ0v) is 27.5. The molecule has 0 aliphatic heterocycles. The van der Waals surface area contributed by atoms with E-state index in [2.05, 4.69) is 20.3 Å². The molecule has 0 aliphatic rings. The van der Waals surface area contributed by atoms with Gasteiger partial charge in [0, 0.05) is 40.3 Å². The molecule has 1 amide bonds. The topological polar surface area (TPSA) is 139 Å². The summed E-state index contributed by atoms with van der Waals surface area (Å²) in [4.78, 5) is 30.4. The number of hydrogen-bond acceptors (Lipinski definition) is 7. The number of nitrogens with one attached hydrogen (secondary N) is 4. The number of rotatable bonds is 11. The predicted molar refractivity (Wildman–Crippen MR) is 184 cm³/mol. The summed E-state index contributed by atoms with van der Waals surface area (Å²) in [5.41, 5.74) is 3.93. The van der Waals surface area contributed by atoms with Crippen molar-refractivity contribution in [3.8, 4) is 11.5 Å². The average Bonchev–Trinajstić information content (AvgIpc) is 3.41. The Morgan fingerprint density at radius 2 is 1.57 bits per heavy atom. The molecule has 5 rings (SSSR count). The number of H-pyrrole nitrogens is 1. The van der Waals surface area contributed by atoms with Gasteiger partial charge in [0.15, 0.2) is 5.75 Å². The predicted octanol–water partition coefficient (Wildman–Crippen LogP) is 6.48. The van der Waals surface area contributed by atoms with Crippen LogP contribution in [0.25, 0.3) is 21.7 Å². The second kappa shape index (κ2) is 12.8. The number of carbonyl (C=O) groups is 2. The fraction of sp³-hybridized carbons (Fsp3) is 0.257. The highest BCUT2D eigenvalue weighted by Crippen LogP contribution is 2.39. The van der Waals surface area contributed by atoms with Gasteiger partial charge in [0.25, 0.3) is 11.7 Å². The molecule has 0 saturated heterocycles. The van der Waals surface area contributed by atoms with Crippen molar-refractivity contribution in [2.45, 2.75) is 32.6 Å². The van der Waals surface area contributed by atoms with Crippen LogP contribution in [0.2, 0.25) is 0 Å². The molecule has 0 spiro atoms. The van der Waals surface area contributed by atoms with Gasteiger partial charge < -0.3 is 25.1 Å². The molecule has 1 aromatic heterocycles.